The normalized spacial score (nSPS) is 19.0. The Morgan fingerprint density at radius 1 is 1.50 bits per heavy atom. The number of para-hydroxylation sites is 1. The number of ketones is 1. The van der Waals surface area contributed by atoms with Crippen LogP contribution in [0.4, 0.5) is 10.1 Å². The van der Waals surface area contributed by atoms with Gasteiger partial charge in [-0.1, -0.05) is 12.1 Å². The van der Waals surface area contributed by atoms with Crippen LogP contribution in [0.25, 0.3) is 0 Å². The third-order valence-electron chi connectivity index (χ3n) is 2.47. The number of aryl methyl sites for hydroxylation is 1. The molecule has 1 aliphatic rings. The van der Waals surface area contributed by atoms with Crippen LogP contribution in [-0.4, -0.2) is 22.8 Å². The van der Waals surface area contributed by atoms with Crippen molar-refractivity contribution in [1.29, 1.82) is 0 Å². The number of aliphatic carboxylic acids is 1. The lowest BCUT2D eigenvalue weighted by Crippen LogP contribution is -2.32. The van der Waals surface area contributed by atoms with Crippen LogP contribution in [0.2, 0.25) is 0 Å². The van der Waals surface area contributed by atoms with Gasteiger partial charge in [0.25, 0.3) is 0 Å². The first-order valence-electron chi connectivity index (χ1n) is 4.63. The maximum Gasteiger partial charge on any atom is 0.323 e. The van der Waals surface area contributed by atoms with Crippen molar-refractivity contribution in [3.05, 3.63) is 29.3 Å². The number of fused-ring (bicyclic) bond motifs is 1. The zero-order chi connectivity index (χ0) is 11.9. The number of benzene rings is 1. The van der Waals surface area contributed by atoms with Crippen LogP contribution in [0.3, 0.4) is 0 Å². The number of hydrogen-bond acceptors (Lipinski definition) is 3. The number of nitrogens with zero attached hydrogens (tertiary/aromatic N) is 1. The molecule has 0 radical (unpaired) electrons. The second kappa shape index (κ2) is 3.52. The van der Waals surface area contributed by atoms with E-state index >= 15 is 0 Å². The monoisotopic (exact) mass is 221 g/mol. The van der Waals surface area contributed by atoms with Crippen molar-refractivity contribution < 1.29 is 19.1 Å². The van der Waals surface area contributed by atoms with Crippen molar-refractivity contribution in [1.82, 2.24) is 0 Å². The summed E-state index contributed by atoms with van der Waals surface area (Å²) in [5.41, 5.74) is 1.03. The third-order valence-corrected chi connectivity index (χ3v) is 2.47. The number of rotatable bonds is 1. The molecule has 0 spiro atoms. The minimum atomic E-state index is -1.80. The molecule has 1 aliphatic heterocycles. The summed E-state index contributed by atoms with van der Waals surface area (Å²) < 4.78 is 13.4. The van der Waals surface area contributed by atoms with Crippen molar-refractivity contribution >= 4 is 23.4 Å². The van der Waals surface area contributed by atoms with Crippen LogP contribution in [0, 0.1) is 12.8 Å². The molecule has 5 heteroatoms. The SMILES string of the molecule is Cc1cccc2c1N=C(F)C(C(=O)O)C2=O. The Bertz CT molecular complexity index is 522. The van der Waals surface area contributed by atoms with Crippen LogP contribution < -0.4 is 0 Å². The smallest absolute Gasteiger partial charge is 0.323 e. The van der Waals surface area contributed by atoms with Crippen molar-refractivity contribution in [3.8, 4) is 0 Å². The highest BCUT2D eigenvalue weighted by Crippen LogP contribution is 2.32. The van der Waals surface area contributed by atoms with E-state index in [-0.39, 0.29) is 11.3 Å². The number of Topliss-reactive ketones (excluding diaryl/α,β-unsaturated/α-hetero) is 1. The van der Waals surface area contributed by atoms with E-state index < -0.39 is 23.6 Å². The molecule has 4 nitrogen and oxygen atoms in total. The van der Waals surface area contributed by atoms with Gasteiger partial charge in [0.15, 0.2) is 11.7 Å². The number of hydrogen-bond donors (Lipinski definition) is 1. The fraction of sp³-hybridized carbons (Fsp3) is 0.182. The second-order valence-corrected chi connectivity index (χ2v) is 3.54. The van der Waals surface area contributed by atoms with E-state index in [0.29, 0.717) is 5.56 Å². The highest BCUT2D eigenvalue weighted by molar-refractivity contribution is 6.25. The van der Waals surface area contributed by atoms with Crippen LogP contribution >= 0.6 is 0 Å². The second-order valence-electron chi connectivity index (χ2n) is 3.54. The van der Waals surface area contributed by atoms with E-state index in [1.165, 1.54) is 6.07 Å². The van der Waals surface area contributed by atoms with E-state index in [9.17, 15) is 14.0 Å². The van der Waals surface area contributed by atoms with Gasteiger partial charge >= 0.3 is 5.97 Å². The van der Waals surface area contributed by atoms with Gasteiger partial charge in [-0.15, -0.1) is 0 Å². The van der Waals surface area contributed by atoms with E-state index in [4.69, 9.17) is 5.11 Å². The molecule has 0 aliphatic carbocycles. The average molecular weight is 221 g/mol. The molecule has 0 saturated heterocycles. The summed E-state index contributed by atoms with van der Waals surface area (Å²) in [7, 11) is 0. The molecule has 1 N–H and O–H groups in total. The van der Waals surface area contributed by atoms with Crippen LogP contribution in [0.5, 0.6) is 0 Å². The number of aliphatic imine (C=N–C) groups is 1. The Morgan fingerprint density at radius 3 is 2.81 bits per heavy atom. The maximum absolute atomic E-state index is 13.4. The standard InChI is InChI=1S/C11H8FNO3/c1-5-3-2-4-6-8(5)13-10(12)7(9(6)14)11(15)16/h2-4,7H,1H3,(H,15,16). The van der Waals surface area contributed by atoms with Gasteiger partial charge in [0.05, 0.1) is 5.69 Å². The van der Waals surface area contributed by atoms with Crippen molar-refractivity contribution in [3.63, 3.8) is 0 Å². The Labute approximate surface area is 90.4 Å². The first kappa shape index (κ1) is 10.5. The van der Waals surface area contributed by atoms with E-state index in [1.807, 2.05) is 0 Å². The number of carboxylic acids is 1. The third kappa shape index (κ3) is 1.41. The molecule has 0 bridgehead atoms. The molecule has 0 fully saturated rings. The van der Waals surface area contributed by atoms with Gasteiger partial charge in [0, 0.05) is 5.56 Å². The predicted octanol–water partition coefficient (Wildman–Crippen LogP) is 1.89. The Balaban J connectivity index is 2.65. The van der Waals surface area contributed by atoms with Crippen LogP contribution in [0.15, 0.2) is 23.2 Å². The molecule has 1 aromatic carbocycles. The van der Waals surface area contributed by atoms with Crippen LogP contribution in [0.1, 0.15) is 15.9 Å². The molecular formula is C11H8FNO3. The molecule has 0 aromatic heterocycles. The number of carbonyl (C=O) groups is 2. The molecule has 1 unspecified atom stereocenters. The minimum Gasteiger partial charge on any atom is -0.480 e. The topological polar surface area (TPSA) is 66.7 Å². The summed E-state index contributed by atoms with van der Waals surface area (Å²) in [6, 6.07) is 4.75. The molecule has 1 heterocycles. The summed E-state index contributed by atoms with van der Waals surface area (Å²) in [5.74, 6) is -5.22. The summed E-state index contributed by atoms with van der Waals surface area (Å²) >= 11 is 0. The van der Waals surface area contributed by atoms with Gasteiger partial charge in [-0.05, 0) is 18.6 Å². The van der Waals surface area contributed by atoms with Gasteiger partial charge in [0.1, 0.15) is 0 Å². The summed E-state index contributed by atoms with van der Waals surface area (Å²) in [5, 5.41) is 8.73. The van der Waals surface area contributed by atoms with Gasteiger partial charge in [-0.3, -0.25) is 9.59 Å². The van der Waals surface area contributed by atoms with Crippen molar-refractivity contribution in [2.24, 2.45) is 10.9 Å². The molecular weight excluding hydrogens is 213 g/mol. The van der Waals surface area contributed by atoms with Crippen molar-refractivity contribution in [2.45, 2.75) is 6.92 Å². The van der Waals surface area contributed by atoms with Crippen molar-refractivity contribution in [2.75, 3.05) is 0 Å². The van der Waals surface area contributed by atoms with E-state index in [2.05, 4.69) is 4.99 Å². The largest absolute Gasteiger partial charge is 0.480 e. The summed E-state index contributed by atoms with van der Waals surface area (Å²) in [6.45, 7) is 1.68. The molecule has 0 amide bonds. The first-order chi connectivity index (χ1) is 7.52. The minimum absolute atomic E-state index is 0.161. The van der Waals surface area contributed by atoms with Gasteiger partial charge < -0.3 is 5.11 Å². The quantitative estimate of drug-likeness (QED) is 0.736. The van der Waals surface area contributed by atoms with Gasteiger partial charge in [-0.2, -0.15) is 4.39 Å². The lowest BCUT2D eigenvalue weighted by molar-refractivity contribution is -0.138. The lowest BCUT2D eigenvalue weighted by Gasteiger charge is -2.17. The molecule has 2 rings (SSSR count). The summed E-state index contributed by atoms with van der Waals surface area (Å²) in [6.07, 6.45) is 0. The average Bonchev–Trinajstić information content (AvgIpc) is 2.19. The van der Waals surface area contributed by atoms with Gasteiger partial charge in [0.2, 0.25) is 5.97 Å². The molecule has 0 saturated carbocycles. The lowest BCUT2D eigenvalue weighted by atomic mass is 9.92. The Hall–Kier alpha value is -2.04. The predicted molar refractivity (Wildman–Crippen MR) is 54.8 cm³/mol. The van der Waals surface area contributed by atoms with Gasteiger partial charge in [-0.25, -0.2) is 4.99 Å². The highest BCUT2D eigenvalue weighted by atomic mass is 19.1. The fourth-order valence-electron chi connectivity index (χ4n) is 1.66. The van der Waals surface area contributed by atoms with E-state index in [0.717, 1.165) is 0 Å². The zero-order valence-electron chi connectivity index (χ0n) is 8.40. The van der Waals surface area contributed by atoms with E-state index in [1.54, 1.807) is 19.1 Å². The highest BCUT2D eigenvalue weighted by Gasteiger charge is 2.38. The Kier molecular flexibility index (Phi) is 2.30. The molecule has 16 heavy (non-hydrogen) atoms. The molecule has 1 atom stereocenters. The van der Waals surface area contributed by atoms with Crippen LogP contribution in [-0.2, 0) is 4.79 Å². The Morgan fingerprint density at radius 2 is 2.19 bits per heavy atom. The number of halogens is 1. The molecule has 82 valence electrons. The summed E-state index contributed by atoms with van der Waals surface area (Å²) in [4.78, 5) is 26.0. The first-order valence-corrected chi connectivity index (χ1v) is 4.63. The fourth-order valence-corrected chi connectivity index (χ4v) is 1.66. The number of carboxylic acid groups (broad SMARTS) is 1. The number of carbonyl (C=O) groups excluding carboxylic acids is 1. The molecule has 1 aromatic rings. The zero-order valence-corrected chi connectivity index (χ0v) is 8.40. The maximum atomic E-state index is 13.4.